The van der Waals surface area contributed by atoms with Crippen LogP contribution in [0.25, 0.3) is 0 Å². The molecule has 0 unspecified atom stereocenters. The summed E-state index contributed by atoms with van der Waals surface area (Å²) < 4.78 is 5.02. The van der Waals surface area contributed by atoms with Crippen LogP contribution in [0.1, 0.15) is 34.1 Å². The minimum Gasteiger partial charge on any atom is -0.480 e. The van der Waals surface area contributed by atoms with Crippen molar-refractivity contribution in [3.63, 3.8) is 0 Å². The number of aliphatic carboxylic acids is 1. The standard InChI is InChI=1S/C10H19NO4/c1-5-7(9(13)14)11-6-8(12)15-10(2,3)4/h7,11H,5-6H2,1-4H3,(H,13,14)/t7-/m0/s1. The van der Waals surface area contributed by atoms with Crippen molar-refractivity contribution in [2.24, 2.45) is 0 Å². The second-order valence-corrected chi connectivity index (χ2v) is 4.27. The molecule has 0 aromatic carbocycles. The average Bonchev–Trinajstić information content (AvgIpc) is 2.01. The van der Waals surface area contributed by atoms with Gasteiger partial charge in [0.15, 0.2) is 0 Å². The summed E-state index contributed by atoms with van der Waals surface area (Å²) in [4.78, 5) is 21.8. The maximum atomic E-state index is 11.2. The van der Waals surface area contributed by atoms with Crippen molar-refractivity contribution < 1.29 is 19.4 Å². The molecule has 0 aromatic heterocycles. The normalized spacial score (nSPS) is 13.3. The van der Waals surface area contributed by atoms with E-state index in [1.807, 2.05) is 0 Å². The van der Waals surface area contributed by atoms with Gasteiger partial charge in [-0.1, -0.05) is 6.92 Å². The van der Waals surface area contributed by atoms with Crippen molar-refractivity contribution in [1.29, 1.82) is 0 Å². The largest absolute Gasteiger partial charge is 0.480 e. The van der Waals surface area contributed by atoms with Gasteiger partial charge in [0.05, 0.1) is 6.54 Å². The fraction of sp³-hybridized carbons (Fsp3) is 0.800. The molecule has 5 heteroatoms. The van der Waals surface area contributed by atoms with Gasteiger partial charge in [0, 0.05) is 0 Å². The number of rotatable bonds is 5. The van der Waals surface area contributed by atoms with Gasteiger partial charge in [-0.2, -0.15) is 0 Å². The number of hydrogen-bond donors (Lipinski definition) is 2. The highest BCUT2D eigenvalue weighted by atomic mass is 16.6. The number of esters is 1. The summed E-state index contributed by atoms with van der Waals surface area (Å²) in [5.41, 5.74) is -0.538. The fourth-order valence-electron chi connectivity index (χ4n) is 0.990. The van der Waals surface area contributed by atoms with E-state index in [0.717, 1.165) is 0 Å². The fourth-order valence-corrected chi connectivity index (χ4v) is 0.990. The maximum absolute atomic E-state index is 11.2. The Hall–Kier alpha value is -1.10. The van der Waals surface area contributed by atoms with Crippen molar-refractivity contribution in [1.82, 2.24) is 5.32 Å². The Kier molecular flexibility index (Phi) is 5.28. The Labute approximate surface area is 89.8 Å². The van der Waals surface area contributed by atoms with E-state index < -0.39 is 23.6 Å². The van der Waals surface area contributed by atoms with Crippen molar-refractivity contribution in [2.75, 3.05) is 6.54 Å². The lowest BCUT2D eigenvalue weighted by atomic mass is 10.2. The second kappa shape index (κ2) is 5.70. The maximum Gasteiger partial charge on any atom is 0.320 e. The smallest absolute Gasteiger partial charge is 0.320 e. The minimum absolute atomic E-state index is 0.0813. The Morgan fingerprint density at radius 2 is 1.93 bits per heavy atom. The van der Waals surface area contributed by atoms with Crippen LogP contribution in [0.5, 0.6) is 0 Å². The van der Waals surface area contributed by atoms with Crippen LogP contribution in [0.15, 0.2) is 0 Å². The monoisotopic (exact) mass is 217 g/mol. The van der Waals surface area contributed by atoms with Crippen LogP contribution >= 0.6 is 0 Å². The lowest BCUT2D eigenvalue weighted by Gasteiger charge is -2.20. The topological polar surface area (TPSA) is 75.6 Å². The molecule has 0 spiro atoms. The van der Waals surface area contributed by atoms with Gasteiger partial charge >= 0.3 is 11.9 Å². The van der Waals surface area contributed by atoms with Gasteiger partial charge in [0.2, 0.25) is 0 Å². The predicted molar refractivity (Wildman–Crippen MR) is 55.6 cm³/mol. The molecule has 0 saturated carbocycles. The van der Waals surface area contributed by atoms with Crippen molar-refractivity contribution in [3.05, 3.63) is 0 Å². The number of carbonyl (C=O) groups excluding carboxylic acids is 1. The van der Waals surface area contributed by atoms with Crippen LogP contribution in [0, 0.1) is 0 Å². The first kappa shape index (κ1) is 13.9. The molecule has 88 valence electrons. The second-order valence-electron chi connectivity index (χ2n) is 4.27. The van der Waals surface area contributed by atoms with E-state index in [1.165, 1.54) is 0 Å². The van der Waals surface area contributed by atoms with E-state index in [-0.39, 0.29) is 6.54 Å². The molecule has 0 aromatic rings. The van der Waals surface area contributed by atoms with E-state index in [4.69, 9.17) is 9.84 Å². The molecule has 0 aliphatic heterocycles. The molecule has 15 heavy (non-hydrogen) atoms. The third-order valence-electron chi connectivity index (χ3n) is 1.62. The summed E-state index contributed by atoms with van der Waals surface area (Å²) in [5.74, 6) is -1.40. The van der Waals surface area contributed by atoms with E-state index >= 15 is 0 Å². The molecule has 0 aliphatic rings. The molecular formula is C10H19NO4. The SMILES string of the molecule is CC[C@H](NCC(=O)OC(C)(C)C)C(=O)O. The third-order valence-corrected chi connectivity index (χ3v) is 1.62. The number of ether oxygens (including phenoxy) is 1. The van der Waals surface area contributed by atoms with E-state index in [2.05, 4.69) is 5.32 Å². The number of carbonyl (C=O) groups is 2. The van der Waals surface area contributed by atoms with E-state index in [9.17, 15) is 9.59 Å². The quantitative estimate of drug-likeness (QED) is 0.665. The summed E-state index contributed by atoms with van der Waals surface area (Å²) in [6.45, 7) is 6.95. The number of hydrogen-bond acceptors (Lipinski definition) is 4. The van der Waals surface area contributed by atoms with Gasteiger partial charge in [-0.3, -0.25) is 14.9 Å². The molecule has 0 radical (unpaired) electrons. The molecule has 2 N–H and O–H groups in total. The zero-order valence-corrected chi connectivity index (χ0v) is 9.66. The lowest BCUT2D eigenvalue weighted by Crippen LogP contribution is -2.41. The molecule has 0 fully saturated rings. The van der Waals surface area contributed by atoms with Gasteiger partial charge in [-0.25, -0.2) is 0 Å². The molecule has 0 amide bonds. The molecule has 0 bridgehead atoms. The molecule has 0 aliphatic carbocycles. The van der Waals surface area contributed by atoms with Crippen molar-refractivity contribution in [3.8, 4) is 0 Å². The van der Waals surface area contributed by atoms with Crippen LogP contribution in [-0.2, 0) is 14.3 Å². The molecule has 0 heterocycles. The van der Waals surface area contributed by atoms with Gasteiger partial charge in [0.1, 0.15) is 11.6 Å². The van der Waals surface area contributed by atoms with Crippen LogP contribution in [-0.4, -0.2) is 35.2 Å². The summed E-state index contributed by atoms with van der Waals surface area (Å²) in [6, 6.07) is -0.697. The van der Waals surface area contributed by atoms with Gasteiger partial charge in [0.25, 0.3) is 0 Å². The average molecular weight is 217 g/mol. The Bertz CT molecular complexity index is 232. The summed E-state index contributed by atoms with van der Waals surface area (Å²) in [7, 11) is 0. The zero-order chi connectivity index (χ0) is 12.1. The molecule has 1 atom stereocenters. The summed E-state index contributed by atoms with van der Waals surface area (Å²) >= 11 is 0. The first-order valence-electron chi connectivity index (χ1n) is 4.94. The molecule has 0 rings (SSSR count). The van der Waals surface area contributed by atoms with Gasteiger partial charge in [-0.05, 0) is 27.2 Å². The Morgan fingerprint density at radius 1 is 1.40 bits per heavy atom. The number of carboxylic acids is 1. The van der Waals surface area contributed by atoms with Gasteiger partial charge < -0.3 is 9.84 Å². The van der Waals surface area contributed by atoms with Crippen molar-refractivity contribution >= 4 is 11.9 Å². The Morgan fingerprint density at radius 3 is 2.27 bits per heavy atom. The summed E-state index contributed by atoms with van der Waals surface area (Å²) in [6.07, 6.45) is 0.429. The highest BCUT2D eigenvalue weighted by Gasteiger charge is 2.19. The predicted octanol–water partition coefficient (Wildman–Crippen LogP) is 0.781. The first-order chi connectivity index (χ1) is 6.76. The van der Waals surface area contributed by atoms with Crippen LogP contribution in [0.3, 0.4) is 0 Å². The summed E-state index contributed by atoms with van der Waals surface area (Å²) in [5, 5.41) is 11.3. The third kappa shape index (κ3) is 6.90. The van der Waals surface area contributed by atoms with E-state index in [1.54, 1.807) is 27.7 Å². The molecule has 5 nitrogen and oxygen atoms in total. The van der Waals surface area contributed by atoms with E-state index in [0.29, 0.717) is 6.42 Å². The van der Waals surface area contributed by atoms with Crippen LogP contribution < -0.4 is 5.32 Å². The zero-order valence-electron chi connectivity index (χ0n) is 9.66. The van der Waals surface area contributed by atoms with Gasteiger partial charge in [-0.15, -0.1) is 0 Å². The number of carboxylic acid groups (broad SMARTS) is 1. The molecular weight excluding hydrogens is 198 g/mol. The minimum atomic E-state index is -0.957. The number of nitrogens with one attached hydrogen (secondary N) is 1. The first-order valence-corrected chi connectivity index (χ1v) is 4.94. The van der Waals surface area contributed by atoms with Crippen LogP contribution in [0.4, 0.5) is 0 Å². The lowest BCUT2D eigenvalue weighted by molar-refractivity contribution is -0.154. The van der Waals surface area contributed by atoms with Crippen molar-refractivity contribution in [2.45, 2.75) is 45.8 Å². The van der Waals surface area contributed by atoms with Crippen LogP contribution in [0.2, 0.25) is 0 Å². The highest BCUT2D eigenvalue weighted by Crippen LogP contribution is 2.06. The highest BCUT2D eigenvalue weighted by molar-refractivity contribution is 5.76. The molecule has 0 saturated heterocycles. The Balaban J connectivity index is 3.94.